The van der Waals surface area contributed by atoms with Gasteiger partial charge in [-0.25, -0.2) is 8.42 Å². The number of benzene rings is 2. The maximum atomic E-state index is 12.6. The Labute approximate surface area is 172 Å². The predicted octanol–water partition coefficient (Wildman–Crippen LogP) is 2.25. The number of hydrogen-bond acceptors (Lipinski definition) is 5. The van der Waals surface area contributed by atoms with E-state index in [0.717, 1.165) is 44.8 Å². The zero-order valence-electron chi connectivity index (χ0n) is 16.6. The second-order valence-electron chi connectivity index (χ2n) is 7.01. The fraction of sp³-hybridized carbons (Fsp3) is 0.381. The number of sulfonamides is 1. The quantitative estimate of drug-likeness (QED) is 0.643. The van der Waals surface area contributed by atoms with Crippen molar-refractivity contribution in [1.29, 1.82) is 0 Å². The highest BCUT2D eigenvalue weighted by Crippen LogP contribution is 2.21. The highest BCUT2D eigenvalue weighted by Gasteiger charge is 2.16. The lowest BCUT2D eigenvalue weighted by Crippen LogP contribution is -2.38. The number of nitrogens with zero attached hydrogens (tertiary/aromatic N) is 1. The van der Waals surface area contributed by atoms with Gasteiger partial charge in [-0.3, -0.25) is 14.4 Å². The predicted molar refractivity (Wildman–Crippen MR) is 113 cm³/mol. The van der Waals surface area contributed by atoms with Crippen LogP contribution >= 0.6 is 0 Å². The van der Waals surface area contributed by atoms with E-state index in [1.54, 1.807) is 43.3 Å². The third-order valence-corrected chi connectivity index (χ3v) is 6.22. The van der Waals surface area contributed by atoms with Crippen molar-refractivity contribution in [2.75, 3.05) is 44.1 Å². The van der Waals surface area contributed by atoms with Crippen LogP contribution in [0.25, 0.3) is 0 Å². The van der Waals surface area contributed by atoms with E-state index < -0.39 is 10.0 Å². The van der Waals surface area contributed by atoms with Gasteiger partial charge in [0.25, 0.3) is 15.9 Å². The standard InChI is InChI=1S/C21H27N3O4S/c1-17-8-9-18(21(25)22-10-5-11-24-12-14-28-15-13-24)16-20(17)23-29(26,27)19-6-3-2-4-7-19/h2-4,6-9,16,23H,5,10-15H2,1H3,(H,22,25). The molecule has 0 bridgehead atoms. The van der Waals surface area contributed by atoms with Gasteiger partial charge in [0.1, 0.15) is 0 Å². The van der Waals surface area contributed by atoms with E-state index in [0.29, 0.717) is 17.8 Å². The monoisotopic (exact) mass is 417 g/mol. The Morgan fingerprint density at radius 1 is 1.10 bits per heavy atom. The number of anilines is 1. The summed E-state index contributed by atoms with van der Waals surface area (Å²) >= 11 is 0. The van der Waals surface area contributed by atoms with Crippen molar-refractivity contribution < 1.29 is 17.9 Å². The third kappa shape index (κ3) is 6.03. The Morgan fingerprint density at radius 3 is 2.55 bits per heavy atom. The van der Waals surface area contributed by atoms with Gasteiger partial charge in [0, 0.05) is 25.2 Å². The number of morpholine rings is 1. The SMILES string of the molecule is Cc1ccc(C(=O)NCCCN2CCOCC2)cc1NS(=O)(=O)c1ccccc1. The van der Waals surface area contributed by atoms with Crippen molar-refractivity contribution in [3.8, 4) is 0 Å². The number of nitrogens with one attached hydrogen (secondary N) is 2. The van der Waals surface area contributed by atoms with Gasteiger partial charge in [0.2, 0.25) is 0 Å². The van der Waals surface area contributed by atoms with Crippen molar-refractivity contribution in [1.82, 2.24) is 10.2 Å². The Hall–Kier alpha value is -2.42. The second-order valence-corrected chi connectivity index (χ2v) is 8.69. The molecule has 1 amide bonds. The van der Waals surface area contributed by atoms with Crippen LogP contribution in [0.4, 0.5) is 5.69 Å². The molecule has 2 aromatic carbocycles. The van der Waals surface area contributed by atoms with Gasteiger partial charge < -0.3 is 10.1 Å². The normalized spacial score (nSPS) is 15.1. The summed E-state index contributed by atoms with van der Waals surface area (Å²) in [6, 6.07) is 13.2. The molecule has 3 rings (SSSR count). The van der Waals surface area contributed by atoms with Crippen molar-refractivity contribution in [2.45, 2.75) is 18.2 Å². The zero-order valence-corrected chi connectivity index (χ0v) is 17.4. The maximum absolute atomic E-state index is 12.6. The van der Waals surface area contributed by atoms with Crippen LogP contribution in [0.3, 0.4) is 0 Å². The molecule has 0 aliphatic carbocycles. The molecular formula is C21H27N3O4S. The molecule has 2 aromatic rings. The molecule has 0 unspecified atom stereocenters. The molecule has 0 spiro atoms. The first-order valence-corrected chi connectivity index (χ1v) is 11.2. The van der Waals surface area contributed by atoms with Crippen LogP contribution in [-0.4, -0.2) is 58.6 Å². The summed E-state index contributed by atoms with van der Waals surface area (Å²) in [5, 5.41) is 2.91. The highest BCUT2D eigenvalue weighted by molar-refractivity contribution is 7.92. The molecule has 2 N–H and O–H groups in total. The lowest BCUT2D eigenvalue weighted by atomic mass is 10.1. The van der Waals surface area contributed by atoms with Crippen LogP contribution in [-0.2, 0) is 14.8 Å². The minimum atomic E-state index is -3.71. The van der Waals surface area contributed by atoms with Crippen LogP contribution < -0.4 is 10.0 Å². The van der Waals surface area contributed by atoms with Crippen LogP contribution in [0.2, 0.25) is 0 Å². The van der Waals surface area contributed by atoms with Crippen molar-refractivity contribution >= 4 is 21.6 Å². The number of amides is 1. The molecule has 7 nitrogen and oxygen atoms in total. The van der Waals surface area contributed by atoms with Gasteiger partial charge in [0.05, 0.1) is 23.8 Å². The van der Waals surface area contributed by atoms with E-state index in [-0.39, 0.29) is 10.8 Å². The van der Waals surface area contributed by atoms with Crippen molar-refractivity contribution in [2.24, 2.45) is 0 Å². The van der Waals surface area contributed by atoms with Gasteiger partial charge in [-0.2, -0.15) is 0 Å². The molecule has 0 atom stereocenters. The van der Waals surface area contributed by atoms with Crippen LogP contribution in [0.15, 0.2) is 53.4 Å². The first-order chi connectivity index (χ1) is 14.0. The lowest BCUT2D eigenvalue weighted by Gasteiger charge is -2.26. The Morgan fingerprint density at radius 2 is 1.83 bits per heavy atom. The van der Waals surface area contributed by atoms with Gasteiger partial charge in [0.15, 0.2) is 0 Å². The number of ether oxygens (including phenoxy) is 1. The van der Waals surface area contributed by atoms with Crippen LogP contribution in [0.5, 0.6) is 0 Å². The van der Waals surface area contributed by atoms with Crippen LogP contribution in [0.1, 0.15) is 22.3 Å². The first-order valence-electron chi connectivity index (χ1n) is 9.72. The van der Waals surface area contributed by atoms with Gasteiger partial charge in [-0.1, -0.05) is 24.3 Å². The molecule has 0 saturated carbocycles. The minimum absolute atomic E-state index is 0.178. The Bertz CT molecular complexity index is 926. The summed E-state index contributed by atoms with van der Waals surface area (Å²) in [4.78, 5) is 15.0. The summed E-state index contributed by atoms with van der Waals surface area (Å²) in [7, 11) is -3.71. The molecule has 8 heteroatoms. The molecule has 1 aliphatic rings. The van der Waals surface area contributed by atoms with E-state index in [4.69, 9.17) is 4.74 Å². The highest BCUT2D eigenvalue weighted by atomic mass is 32.2. The molecule has 1 saturated heterocycles. The van der Waals surface area contributed by atoms with Gasteiger partial charge in [-0.05, 0) is 49.7 Å². The zero-order chi connectivity index (χ0) is 20.7. The number of rotatable bonds is 8. The third-order valence-electron chi connectivity index (χ3n) is 4.84. The fourth-order valence-electron chi connectivity index (χ4n) is 3.11. The molecule has 1 fully saturated rings. The maximum Gasteiger partial charge on any atom is 0.261 e. The molecule has 29 heavy (non-hydrogen) atoms. The van der Waals surface area contributed by atoms with E-state index in [9.17, 15) is 13.2 Å². The summed E-state index contributed by atoms with van der Waals surface area (Å²) < 4.78 is 33.0. The summed E-state index contributed by atoms with van der Waals surface area (Å²) in [6.45, 7) is 6.66. The average molecular weight is 418 g/mol. The molecular weight excluding hydrogens is 390 g/mol. The topological polar surface area (TPSA) is 87.7 Å². The molecule has 0 aromatic heterocycles. The van der Waals surface area contributed by atoms with E-state index in [1.807, 2.05) is 0 Å². The molecule has 1 aliphatic heterocycles. The fourth-order valence-corrected chi connectivity index (χ4v) is 4.25. The lowest BCUT2D eigenvalue weighted by molar-refractivity contribution is 0.0374. The summed E-state index contributed by atoms with van der Waals surface area (Å²) in [5.74, 6) is -0.216. The molecule has 1 heterocycles. The smallest absolute Gasteiger partial charge is 0.261 e. The average Bonchev–Trinajstić information content (AvgIpc) is 2.74. The second kappa shape index (κ2) is 9.87. The summed E-state index contributed by atoms with van der Waals surface area (Å²) in [6.07, 6.45) is 0.852. The largest absolute Gasteiger partial charge is 0.379 e. The first kappa shape index (κ1) is 21.3. The number of carbonyl (C=O) groups is 1. The van der Waals surface area contributed by atoms with Gasteiger partial charge in [-0.15, -0.1) is 0 Å². The minimum Gasteiger partial charge on any atom is -0.379 e. The van der Waals surface area contributed by atoms with E-state index >= 15 is 0 Å². The number of aryl methyl sites for hydroxylation is 1. The van der Waals surface area contributed by atoms with Gasteiger partial charge >= 0.3 is 0 Å². The number of hydrogen-bond donors (Lipinski definition) is 2. The van der Waals surface area contributed by atoms with Crippen molar-refractivity contribution in [3.63, 3.8) is 0 Å². The van der Waals surface area contributed by atoms with E-state index in [1.165, 1.54) is 12.1 Å². The number of carbonyl (C=O) groups excluding carboxylic acids is 1. The molecule has 156 valence electrons. The summed E-state index contributed by atoms with van der Waals surface area (Å²) in [5.41, 5.74) is 1.57. The Balaban J connectivity index is 1.58. The van der Waals surface area contributed by atoms with Crippen LogP contribution in [0, 0.1) is 6.92 Å². The Kier molecular flexibility index (Phi) is 7.24. The molecule has 0 radical (unpaired) electrons. The van der Waals surface area contributed by atoms with E-state index in [2.05, 4.69) is 14.9 Å². The van der Waals surface area contributed by atoms with Crippen molar-refractivity contribution in [3.05, 3.63) is 59.7 Å².